The van der Waals surface area contributed by atoms with Crippen molar-refractivity contribution in [2.45, 2.75) is 50.3 Å². The van der Waals surface area contributed by atoms with Gasteiger partial charge < -0.3 is 14.9 Å². The second-order valence-electron chi connectivity index (χ2n) is 4.53. The van der Waals surface area contributed by atoms with E-state index in [2.05, 4.69) is 21.7 Å². The maximum Gasteiger partial charge on any atom is 0.112 e. The van der Waals surface area contributed by atoms with E-state index < -0.39 is 12.2 Å². The summed E-state index contributed by atoms with van der Waals surface area (Å²) >= 11 is 0. The second-order valence-corrected chi connectivity index (χ2v) is 4.53. The topological polar surface area (TPSA) is 49.7 Å². The lowest BCUT2D eigenvalue weighted by Gasteiger charge is -2.39. The van der Waals surface area contributed by atoms with Crippen molar-refractivity contribution in [3.8, 4) is 0 Å². The third-order valence-corrected chi connectivity index (χ3v) is 3.15. The Bertz CT molecular complexity index is 172. The van der Waals surface area contributed by atoms with E-state index in [1.54, 1.807) is 0 Å². The van der Waals surface area contributed by atoms with Crippen LogP contribution in [-0.2, 0) is 4.74 Å². The molecule has 0 bridgehead atoms. The van der Waals surface area contributed by atoms with Gasteiger partial charge in [0.25, 0.3) is 0 Å². The third kappa shape index (κ3) is 2.45. The standard InChI is InChI=1S/C9H19BO3/c1-3-9(2,10)8-4-6(11)7(12)5-13-8/h6-8,11-12H,3-5,10H2,1-2H3/t6-,7+,8?,9?/m1/s1. The minimum absolute atomic E-state index is 0.0656. The van der Waals surface area contributed by atoms with Gasteiger partial charge >= 0.3 is 0 Å². The number of ether oxygens (including phenoxy) is 1. The van der Waals surface area contributed by atoms with Crippen LogP contribution in [0, 0.1) is 0 Å². The van der Waals surface area contributed by atoms with Crippen LogP contribution in [0.1, 0.15) is 26.7 Å². The van der Waals surface area contributed by atoms with Crippen molar-refractivity contribution in [2.24, 2.45) is 0 Å². The third-order valence-electron chi connectivity index (χ3n) is 3.15. The summed E-state index contributed by atoms with van der Waals surface area (Å²) in [6.45, 7) is 4.50. The molecule has 1 saturated heterocycles. The second kappa shape index (κ2) is 3.99. The first-order chi connectivity index (χ1) is 5.97. The van der Waals surface area contributed by atoms with Crippen molar-refractivity contribution in [1.29, 1.82) is 0 Å². The van der Waals surface area contributed by atoms with Crippen LogP contribution < -0.4 is 0 Å². The van der Waals surface area contributed by atoms with Gasteiger partial charge in [-0.2, -0.15) is 0 Å². The molecule has 0 saturated carbocycles. The molecule has 0 aromatic heterocycles. The Balaban J connectivity index is 2.55. The van der Waals surface area contributed by atoms with E-state index in [0.29, 0.717) is 6.42 Å². The van der Waals surface area contributed by atoms with Crippen LogP contribution in [0.4, 0.5) is 0 Å². The maximum atomic E-state index is 9.48. The molecule has 0 aromatic carbocycles. The Morgan fingerprint density at radius 2 is 2.08 bits per heavy atom. The van der Waals surface area contributed by atoms with E-state index in [0.717, 1.165) is 6.42 Å². The Morgan fingerprint density at radius 3 is 2.54 bits per heavy atom. The van der Waals surface area contributed by atoms with Crippen molar-refractivity contribution in [2.75, 3.05) is 6.61 Å². The fraction of sp³-hybridized carbons (Fsp3) is 1.00. The molecule has 0 aliphatic carbocycles. The summed E-state index contributed by atoms with van der Waals surface area (Å²) in [4.78, 5) is 0. The molecule has 2 N–H and O–H groups in total. The van der Waals surface area contributed by atoms with Crippen LogP contribution in [0.5, 0.6) is 0 Å². The molecule has 0 aromatic rings. The van der Waals surface area contributed by atoms with E-state index in [1.807, 2.05) is 0 Å². The van der Waals surface area contributed by atoms with Gasteiger partial charge in [0.15, 0.2) is 0 Å². The van der Waals surface area contributed by atoms with Gasteiger partial charge in [0.1, 0.15) is 14.0 Å². The molecule has 3 nitrogen and oxygen atoms in total. The first-order valence-corrected chi connectivity index (χ1v) is 4.95. The lowest BCUT2D eigenvalue weighted by atomic mass is 9.63. The van der Waals surface area contributed by atoms with Crippen molar-refractivity contribution in [1.82, 2.24) is 0 Å². The summed E-state index contributed by atoms with van der Waals surface area (Å²) in [7, 11) is 2.13. The van der Waals surface area contributed by atoms with Crippen LogP contribution in [0.15, 0.2) is 0 Å². The van der Waals surface area contributed by atoms with Gasteiger partial charge in [-0.05, 0) is 5.31 Å². The normalized spacial score (nSPS) is 39.8. The number of hydrogen-bond acceptors (Lipinski definition) is 3. The van der Waals surface area contributed by atoms with E-state index in [1.165, 1.54) is 0 Å². The average molecular weight is 186 g/mol. The Morgan fingerprint density at radius 1 is 1.46 bits per heavy atom. The molecule has 4 atom stereocenters. The van der Waals surface area contributed by atoms with Crippen molar-refractivity contribution in [3.63, 3.8) is 0 Å². The fourth-order valence-electron chi connectivity index (χ4n) is 1.54. The summed E-state index contributed by atoms with van der Waals surface area (Å²) in [5, 5.41) is 18.8. The van der Waals surface area contributed by atoms with Gasteiger partial charge in [-0.3, -0.25) is 0 Å². The summed E-state index contributed by atoms with van der Waals surface area (Å²) in [6.07, 6.45) is 0.298. The van der Waals surface area contributed by atoms with Gasteiger partial charge in [0.2, 0.25) is 0 Å². The van der Waals surface area contributed by atoms with E-state index >= 15 is 0 Å². The van der Waals surface area contributed by atoms with E-state index in [-0.39, 0.29) is 18.0 Å². The predicted octanol–water partition coefficient (Wildman–Crippen LogP) is -0.281. The molecular weight excluding hydrogens is 167 g/mol. The molecule has 1 aliphatic heterocycles. The van der Waals surface area contributed by atoms with E-state index in [4.69, 9.17) is 4.74 Å². The zero-order valence-electron chi connectivity index (χ0n) is 8.66. The number of aliphatic hydroxyl groups excluding tert-OH is 2. The molecule has 1 rings (SSSR count). The van der Waals surface area contributed by atoms with Crippen molar-refractivity contribution in [3.05, 3.63) is 0 Å². The van der Waals surface area contributed by atoms with Crippen LogP contribution in [0.2, 0.25) is 5.31 Å². The molecule has 13 heavy (non-hydrogen) atoms. The van der Waals surface area contributed by atoms with Crippen LogP contribution in [0.25, 0.3) is 0 Å². The SMILES string of the molecule is BC(C)(CC)C1C[C@@H](O)[C@@H](O)CO1. The van der Waals surface area contributed by atoms with Gasteiger partial charge in [-0.15, -0.1) is 0 Å². The number of hydrogen-bond donors (Lipinski definition) is 2. The quantitative estimate of drug-likeness (QED) is 0.583. The molecule has 1 heterocycles. The van der Waals surface area contributed by atoms with Gasteiger partial charge in [0.05, 0.1) is 18.8 Å². The van der Waals surface area contributed by atoms with Crippen LogP contribution in [-0.4, -0.2) is 43.0 Å². The average Bonchev–Trinajstić information content (AvgIpc) is 2.09. The summed E-state index contributed by atoms with van der Waals surface area (Å²) in [5.41, 5.74) is 0. The highest BCUT2D eigenvalue weighted by Gasteiger charge is 2.36. The van der Waals surface area contributed by atoms with Crippen molar-refractivity contribution >= 4 is 7.85 Å². The minimum Gasteiger partial charge on any atom is -0.390 e. The molecule has 0 radical (unpaired) electrons. The first kappa shape index (κ1) is 11.0. The molecule has 0 spiro atoms. The molecular formula is C9H19BO3. The van der Waals surface area contributed by atoms with Gasteiger partial charge in [-0.25, -0.2) is 0 Å². The Labute approximate surface area is 80.5 Å². The highest BCUT2D eigenvalue weighted by atomic mass is 16.5. The number of rotatable bonds is 2. The zero-order valence-corrected chi connectivity index (χ0v) is 8.66. The highest BCUT2D eigenvalue weighted by molar-refractivity contribution is 6.15. The number of aliphatic hydroxyl groups is 2. The van der Waals surface area contributed by atoms with Crippen LogP contribution in [0.3, 0.4) is 0 Å². The maximum absolute atomic E-state index is 9.48. The summed E-state index contributed by atoms with van der Waals surface area (Å²) in [5.74, 6) is 0. The molecule has 1 fully saturated rings. The summed E-state index contributed by atoms with van der Waals surface area (Å²) in [6, 6.07) is 0. The fourth-order valence-corrected chi connectivity index (χ4v) is 1.54. The zero-order chi connectivity index (χ0) is 10.1. The first-order valence-electron chi connectivity index (χ1n) is 4.95. The Kier molecular flexibility index (Phi) is 3.38. The van der Waals surface area contributed by atoms with Crippen molar-refractivity contribution < 1.29 is 14.9 Å². The monoisotopic (exact) mass is 186 g/mol. The highest BCUT2D eigenvalue weighted by Crippen LogP contribution is 2.36. The van der Waals surface area contributed by atoms with Gasteiger partial charge in [0, 0.05) is 6.42 Å². The largest absolute Gasteiger partial charge is 0.390 e. The minimum atomic E-state index is -0.705. The smallest absolute Gasteiger partial charge is 0.112 e. The molecule has 1 aliphatic rings. The molecule has 76 valence electrons. The van der Waals surface area contributed by atoms with Gasteiger partial charge in [-0.1, -0.05) is 20.3 Å². The summed E-state index contributed by atoms with van der Waals surface area (Å²) < 4.78 is 5.51. The Hall–Kier alpha value is -0.0551. The lowest BCUT2D eigenvalue weighted by Crippen LogP contribution is -2.45. The van der Waals surface area contributed by atoms with E-state index in [9.17, 15) is 10.2 Å². The predicted molar refractivity (Wildman–Crippen MR) is 53.6 cm³/mol. The molecule has 2 unspecified atom stereocenters. The lowest BCUT2D eigenvalue weighted by molar-refractivity contribution is -0.131. The van der Waals surface area contributed by atoms with Crippen LogP contribution >= 0.6 is 0 Å². The molecule has 0 amide bonds. The molecule has 4 heteroatoms.